The van der Waals surface area contributed by atoms with Crippen LogP contribution >= 0.6 is 23.1 Å². The van der Waals surface area contributed by atoms with E-state index >= 15 is 0 Å². The molecule has 4 rings (SSSR count). The SMILES string of the molecule is CCCc1noc(C(C)Sc2nc3ccsc3c(=O)n2-c2ccccc2)n1. The maximum absolute atomic E-state index is 13.1. The summed E-state index contributed by atoms with van der Waals surface area (Å²) in [5.74, 6) is 1.25. The van der Waals surface area contributed by atoms with Crippen molar-refractivity contribution in [3.05, 3.63) is 63.8 Å². The van der Waals surface area contributed by atoms with Gasteiger partial charge in [0.2, 0.25) is 5.89 Å². The molecule has 0 spiro atoms. The number of aromatic nitrogens is 4. The molecule has 1 atom stereocenters. The molecule has 1 aromatic carbocycles. The van der Waals surface area contributed by atoms with Crippen LogP contribution in [0, 0.1) is 0 Å². The lowest BCUT2D eigenvalue weighted by atomic mass is 10.3. The van der Waals surface area contributed by atoms with Crippen molar-refractivity contribution in [3.8, 4) is 5.69 Å². The van der Waals surface area contributed by atoms with E-state index in [1.54, 1.807) is 4.57 Å². The molecule has 0 aliphatic rings. The Morgan fingerprint density at radius 1 is 1.22 bits per heavy atom. The summed E-state index contributed by atoms with van der Waals surface area (Å²) in [6.45, 7) is 4.06. The van der Waals surface area contributed by atoms with Gasteiger partial charge in [0, 0.05) is 6.42 Å². The van der Waals surface area contributed by atoms with Gasteiger partial charge in [-0.2, -0.15) is 4.98 Å². The highest BCUT2D eigenvalue weighted by Gasteiger charge is 2.21. The Morgan fingerprint density at radius 3 is 2.81 bits per heavy atom. The largest absolute Gasteiger partial charge is 0.338 e. The fourth-order valence-electron chi connectivity index (χ4n) is 2.74. The molecule has 0 radical (unpaired) electrons. The molecule has 3 heterocycles. The fourth-order valence-corrected chi connectivity index (χ4v) is 4.46. The van der Waals surface area contributed by atoms with Gasteiger partial charge in [0.15, 0.2) is 11.0 Å². The zero-order valence-electron chi connectivity index (χ0n) is 15.0. The predicted octanol–water partition coefficient (Wildman–Crippen LogP) is 4.64. The summed E-state index contributed by atoms with van der Waals surface area (Å²) in [6.07, 6.45) is 1.75. The van der Waals surface area contributed by atoms with Crippen molar-refractivity contribution in [2.24, 2.45) is 0 Å². The van der Waals surface area contributed by atoms with E-state index in [1.807, 2.05) is 48.7 Å². The first-order valence-corrected chi connectivity index (χ1v) is 10.5. The molecular weight excluding hydrogens is 380 g/mol. The van der Waals surface area contributed by atoms with Crippen molar-refractivity contribution in [2.75, 3.05) is 0 Å². The zero-order valence-corrected chi connectivity index (χ0v) is 16.6. The van der Waals surface area contributed by atoms with Gasteiger partial charge in [0.05, 0.1) is 16.5 Å². The summed E-state index contributed by atoms with van der Waals surface area (Å²) in [7, 11) is 0. The standard InChI is InChI=1S/C19H18N4O2S2/c1-3-7-15-21-17(25-22-15)12(2)27-19-20-14-10-11-26-16(14)18(24)23(19)13-8-5-4-6-9-13/h4-6,8-12H,3,7H2,1-2H3. The van der Waals surface area contributed by atoms with Gasteiger partial charge in [-0.3, -0.25) is 9.36 Å². The molecule has 4 aromatic rings. The Bertz CT molecular complexity index is 1120. The van der Waals surface area contributed by atoms with Crippen LogP contribution < -0.4 is 5.56 Å². The minimum atomic E-state index is -0.124. The molecule has 8 heteroatoms. The maximum atomic E-state index is 13.1. The number of para-hydroxylation sites is 1. The summed E-state index contributed by atoms with van der Waals surface area (Å²) >= 11 is 2.85. The van der Waals surface area contributed by atoms with Gasteiger partial charge in [-0.25, -0.2) is 4.98 Å². The van der Waals surface area contributed by atoms with Gasteiger partial charge < -0.3 is 4.52 Å². The Kier molecular flexibility index (Phi) is 5.09. The average molecular weight is 399 g/mol. The average Bonchev–Trinajstić information content (AvgIpc) is 3.32. The molecule has 3 aromatic heterocycles. The smallest absolute Gasteiger partial charge is 0.276 e. The number of hydrogen-bond acceptors (Lipinski definition) is 7. The van der Waals surface area contributed by atoms with Crippen LogP contribution in [-0.4, -0.2) is 19.7 Å². The fraction of sp³-hybridized carbons (Fsp3) is 0.263. The Morgan fingerprint density at radius 2 is 2.04 bits per heavy atom. The van der Waals surface area contributed by atoms with Crippen LogP contribution in [0.1, 0.15) is 37.2 Å². The lowest BCUT2D eigenvalue weighted by Crippen LogP contribution is -2.21. The number of nitrogens with zero attached hydrogens (tertiary/aromatic N) is 4. The highest BCUT2D eigenvalue weighted by molar-refractivity contribution is 7.99. The van der Waals surface area contributed by atoms with E-state index in [2.05, 4.69) is 17.1 Å². The molecule has 0 aliphatic heterocycles. The van der Waals surface area contributed by atoms with E-state index in [9.17, 15) is 4.79 Å². The van der Waals surface area contributed by atoms with Crippen LogP contribution in [0.3, 0.4) is 0 Å². The monoisotopic (exact) mass is 398 g/mol. The summed E-state index contributed by atoms with van der Waals surface area (Å²) in [6, 6.07) is 11.4. The lowest BCUT2D eigenvalue weighted by Gasteiger charge is -2.13. The van der Waals surface area contributed by atoms with Crippen molar-refractivity contribution in [1.29, 1.82) is 0 Å². The van der Waals surface area contributed by atoms with E-state index in [0.717, 1.165) is 18.5 Å². The molecule has 6 nitrogen and oxygen atoms in total. The minimum Gasteiger partial charge on any atom is -0.338 e. The lowest BCUT2D eigenvalue weighted by molar-refractivity contribution is 0.374. The Labute approximate surface area is 164 Å². The second-order valence-electron chi connectivity index (χ2n) is 6.06. The van der Waals surface area contributed by atoms with Crippen molar-refractivity contribution in [3.63, 3.8) is 0 Å². The van der Waals surface area contributed by atoms with Crippen LogP contribution in [-0.2, 0) is 6.42 Å². The van der Waals surface area contributed by atoms with Gasteiger partial charge in [-0.1, -0.05) is 42.0 Å². The van der Waals surface area contributed by atoms with Crippen LogP contribution in [0.5, 0.6) is 0 Å². The van der Waals surface area contributed by atoms with E-state index in [0.29, 0.717) is 27.1 Å². The highest BCUT2D eigenvalue weighted by Crippen LogP contribution is 2.34. The highest BCUT2D eigenvalue weighted by atomic mass is 32.2. The third-order valence-electron chi connectivity index (χ3n) is 4.05. The normalized spacial score (nSPS) is 12.5. The second-order valence-corrected chi connectivity index (χ2v) is 8.29. The van der Waals surface area contributed by atoms with E-state index in [-0.39, 0.29) is 10.8 Å². The van der Waals surface area contributed by atoms with E-state index < -0.39 is 0 Å². The molecule has 1 unspecified atom stereocenters. The van der Waals surface area contributed by atoms with Crippen LogP contribution in [0.2, 0.25) is 0 Å². The topological polar surface area (TPSA) is 73.8 Å². The first kappa shape index (κ1) is 17.9. The van der Waals surface area contributed by atoms with Gasteiger partial charge >= 0.3 is 0 Å². The summed E-state index contributed by atoms with van der Waals surface area (Å²) < 4.78 is 7.71. The van der Waals surface area contributed by atoms with Crippen LogP contribution in [0.15, 0.2) is 56.3 Å². The molecule has 138 valence electrons. The molecule has 0 aliphatic carbocycles. The zero-order chi connectivity index (χ0) is 18.8. The number of fused-ring (bicyclic) bond motifs is 1. The molecule has 27 heavy (non-hydrogen) atoms. The molecular formula is C19H18N4O2S2. The van der Waals surface area contributed by atoms with Gasteiger partial charge in [0.1, 0.15) is 4.70 Å². The van der Waals surface area contributed by atoms with Crippen LogP contribution in [0.4, 0.5) is 0 Å². The number of aryl methyl sites for hydroxylation is 1. The van der Waals surface area contributed by atoms with Crippen molar-refractivity contribution < 1.29 is 4.52 Å². The molecule has 0 bridgehead atoms. The van der Waals surface area contributed by atoms with Crippen molar-refractivity contribution >= 4 is 33.3 Å². The van der Waals surface area contributed by atoms with Gasteiger partial charge in [-0.15, -0.1) is 11.3 Å². The number of thioether (sulfide) groups is 1. The third kappa shape index (κ3) is 3.54. The van der Waals surface area contributed by atoms with Crippen molar-refractivity contribution in [1.82, 2.24) is 19.7 Å². The molecule has 0 saturated heterocycles. The molecule has 0 fully saturated rings. The van der Waals surface area contributed by atoms with Crippen molar-refractivity contribution in [2.45, 2.75) is 37.1 Å². The van der Waals surface area contributed by atoms with E-state index in [4.69, 9.17) is 9.51 Å². The maximum Gasteiger partial charge on any atom is 0.276 e. The molecule has 0 N–H and O–H groups in total. The first-order valence-electron chi connectivity index (χ1n) is 8.72. The van der Waals surface area contributed by atoms with Gasteiger partial charge in [0.25, 0.3) is 5.56 Å². The predicted molar refractivity (Wildman–Crippen MR) is 108 cm³/mol. The Hall–Kier alpha value is -2.45. The number of thiophene rings is 1. The number of benzene rings is 1. The molecule has 0 amide bonds. The molecule has 0 saturated carbocycles. The number of hydrogen-bond donors (Lipinski definition) is 0. The van der Waals surface area contributed by atoms with Gasteiger partial charge in [-0.05, 0) is 36.9 Å². The third-order valence-corrected chi connectivity index (χ3v) is 5.98. The quantitative estimate of drug-likeness (QED) is 0.348. The van der Waals surface area contributed by atoms with E-state index in [1.165, 1.54) is 23.1 Å². The Balaban J connectivity index is 1.77. The summed E-state index contributed by atoms with van der Waals surface area (Å²) in [5.41, 5.74) is 1.44. The summed E-state index contributed by atoms with van der Waals surface area (Å²) in [4.78, 5) is 22.3. The second kappa shape index (κ2) is 7.66. The summed E-state index contributed by atoms with van der Waals surface area (Å²) in [5, 5.41) is 6.40. The van der Waals surface area contributed by atoms with Crippen LogP contribution in [0.25, 0.3) is 15.9 Å². The number of rotatable bonds is 6. The first-order chi connectivity index (χ1) is 13.2. The minimum absolute atomic E-state index is 0.0619.